The zero-order valence-electron chi connectivity index (χ0n) is 16.8. The van der Waals surface area contributed by atoms with E-state index >= 15 is 0 Å². The third-order valence-corrected chi connectivity index (χ3v) is 6.43. The van der Waals surface area contributed by atoms with Crippen molar-refractivity contribution in [1.29, 1.82) is 5.26 Å². The minimum absolute atomic E-state index is 0.0399. The lowest BCUT2D eigenvalue weighted by Crippen LogP contribution is -2.29. The average molecular weight is 446 g/mol. The normalized spacial score (nSPS) is 19.0. The minimum atomic E-state index is -0.957. The van der Waals surface area contributed by atoms with Crippen LogP contribution in [-0.2, 0) is 6.42 Å². The van der Waals surface area contributed by atoms with Crippen molar-refractivity contribution in [1.82, 2.24) is 0 Å². The number of aryl methyl sites for hydroxylation is 1. The number of hydrogen-bond acceptors (Lipinski definition) is 4. The molecule has 2 atom stereocenters. The van der Waals surface area contributed by atoms with Crippen LogP contribution in [0.15, 0.2) is 65.8 Å². The molecule has 32 heavy (non-hydrogen) atoms. The highest BCUT2D eigenvalue weighted by Crippen LogP contribution is 2.46. The van der Waals surface area contributed by atoms with Crippen molar-refractivity contribution in [3.05, 3.63) is 99.3 Å². The third-order valence-electron chi connectivity index (χ3n) is 6.11. The summed E-state index contributed by atoms with van der Waals surface area (Å²) in [5.74, 6) is -1.23. The molecule has 3 aromatic rings. The fourth-order valence-electron chi connectivity index (χ4n) is 4.60. The highest BCUT2D eigenvalue weighted by molar-refractivity contribution is 6.32. The Bertz CT molecular complexity index is 1310. The van der Waals surface area contributed by atoms with Crippen LogP contribution in [0.4, 0.5) is 10.1 Å². The molecule has 0 amide bonds. The maximum absolute atomic E-state index is 13.6. The Balaban J connectivity index is 1.64. The predicted molar refractivity (Wildman–Crippen MR) is 120 cm³/mol. The first-order chi connectivity index (χ1) is 15.5. The van der Waals surface area contributed by atoms with Crippen molar-refractivity contribution in [3.8, 4) is 6.07 Å². The SMILES string of the molecule is N#Cc1ccc(N2N=C3c4ccc(C(=O)O)cc4CC[C@@H]3[C@@H]2c2ccc(F)cc2)cc1Cl. The first kappa shape index (κ1) is 20.2. The molecule has 2 aliphatic rings. The van der Waals surface area contributed by atoms with Gasteiger partial charge in [0.15, 0.2) is 0 Å². The van der Waals surface area contributed by atoms with E-state index in [1.54, 1.807) is 42.5 Å². The highest BCUT2D eigenvalue weighted by atomic mass is 35.5. The summed E-state index contributed by atoms with van der Waals surface area (Å²) in [4.78, 5) is 11.4. The van der Waals surface area contributed by atoms with Crippen molar-refractivity contribution < 1.29 is 14.3 Å². The Labute approximate surface area is 189 Å². The van der Waals surface area contributed by atoms with E-state index in [4.69, 9.17) is 16.7 Å². The first-order valence-corrected chi connectivity index (χ1v) is 10.5. The van der Waals surface area contributed by atoms with Crippen LogP contribution in [0, 0.1) is 23.1 Å². The molecule has 1 aliphatic heterocycles. The van der Waals surface area contributed by atoms with Crippen LogP contribution in [0.5, 0.6) is 0 Å². The van der Waals surface area contributed by atoms with Crippen molar-refractivity contribution >= 4 is 29.0 Å². The Hall–Kier alpha value is -3.69. The predicted octanol–water partition coefficient (Wildman–Crippen LogP) is 5.58. The van der Waals surface area contributed by atoms with Gasteiger partial charge >= 0.3 is 5.97 Å². The Kier molecular flexibility index (Phi) is 4.91. The van der Waals surface area contributed by atoms with Gasteiger partial charge < -0.3 is 5.11 Å². The molecule has 0 saturated heterocycles. The molecule has 5 nitrogen and oxygen atoms in total. The largest absolute Gasteiger partial charge is 0.478 e. The first-order valence-electron chi connectivity index (χ1n) is 10.2. The van der Waals surface area contributed by atoms with Crippen molar-refractivity contribution in [2.45, 2.75) is 18.9 Å². The fourth-order valence-corrected chi connectivity index (χ4v) is 4.82. The van der Waals surface area contributed by atoms with E-state index in [9.17, 15) is 19.6 Å². The molecule has 0 spiro atoms. The van der Waals surface area contributed by atoms with Gasteiger partial charge in [-0.1, -0.05) is 29.8 Å². The Morgan fingerprint density at radius 3 is 2.62 bits per heavy atom. The van der Waals surface area contributed by atoms with Gasteiger partial charge in [0.25, 0.3) is 0 Å². The number of nitrogens with zero attached hydrogens (tertiary/aromatic N) is 3. The topological polar surface area (TPSA) is 76.7 Å². The van der Waals surface area contributed by atoms with Gasteiger partial charge in [0.2, 0.25) is 0 Å². The summed E-state index contributed by atoms with van der Waals surface area (Å²) in [7, 11) is 0. The lowest BCUT2D eigenvalue weighted by atomic mass is 9.77. The van der Waals surface area contributed by atoms with Crippen LogP contribution < -0.4 is 5.01 Å². The molecule has 1 heterocycles. The van der Waals surface area contributed by atoms with Gasteiger partial charge in [0, 0.05) is 11.5 Å². The number of carboxylic acids is 1. The molecule has 0 aromatic heterocycles. The zero-order chi connectivity index (χ0) is 22.4. The van der Waals surface area contributed by atoms with E-state index in [0.29, 0.717) is 10.6 Å². The van der Waals surface area contributed by atoms with Crippen LogP contribution in [0.1, 0.15) is 45.1 Å². The number of aromatic carboxylic acids is 1. The van der Waals surface area contributed by atoms with Gasteiger partial charge in [-0.05, 0) is 66.4 Å². The Morgan fingerprint density at radius 1 is 1.16 bits per heavy atom. The molecule has 0 radical (unpaired) electrons. The smallest absolute Gasteiger partial charge is 0.335 e. The molecular weight excluding hydrogens is 429 g/mol. The van der Waals surface area contributed by atoms with Crippen molar-refractivity contribution in [2.75, 3.05) is 5.01 Å². The summed E-state index contributed by atoms with van der Waals surface area (Å²) in [6.45, 7) is 0. The number of fused-ring (bicyclic) bond motifs is 3. The van der Waals surface area contributed by atoms with Crippen LogP contribution >= 0.6 is 11.6 Å². The van der Waals surface area contributed by atoms with Crippen LogP contribution in [-0.4, -0.2) is 16.8 Å². The Morgan fingerprint density at radius 2 is 1.94 bits per heavy atom. The number of rotatable bonds is 3. The monoisotopic (exact) mass is 445 g/mol. The second kappa shape index (κ2) is 7.77. The lowest BCUT2D eigenvalue weighted by Gasteiger charge is -2.31. The average Bonchev–Trinajstić information content (AvgIpc) is 3.19. The molecule has 5 rings (SSSR count). The summed E-state index contributed by atoms with van der Waals surface area (Å²) < 4.78 is 13.6. The van der Waals surface area contributed by atoms with Gasteiger partial charge in [-0.2, -0.15) is 10.4 Å². The maximum Gasteiger partial charge on any atom is 0.335 e. The number of nitriles is 1. The summed E-state index contributed by atoms with van der Waals surface area (Å²) in [6.07, 6.45) is 1.50. The quantitative estimate of drug-likeness (QED) is 0.571. The molecule has 0 saturated carbocycles. The number of hydrogen-bond donors (Lipinski definition) is 1. The van der Waals surface area contributed by atoms with E-state index < -0.39 is 5.97 Å². The van der Waals surface area contributed by atoms with Crippen LogP contribution in [0.2, 0.25) is 5.02 Å². The minimum Gasteiger partial charge on any atom is -0.478 e. The number of carbonyl (C=O) groups is 1. The van der Waals surface area contributed by atoms with Crippen LogP contribution in [0.25, 0.3) is 0 Å². The van der Waals surface area contributed by atoms with Crippen molar-refractivity contribution in [2.24, 2.45) is 11.0 Å². The van der Waals surface area contributed by atoms with E-state index in [-0.39, 0.29) is 23.3 Å². The third kappa shape index (κ3) is 3.31. The van der Waals surface area contributed by atoms with Gasteiger partial charge in [-0.3, -0.25) is 5.01 Å². The van der Waals surface area contributed by atoms with Gasteiger partial charge in [-0.15, -0.1) is 0 Å². The lowest BCUT2D eigenvalue weighted by molar-refractivity contribution is 0.0696. The molecular formula is C25H17ClFN3O2. The fraction of sp³-hybridized carbons (Fsp3) is 0.160. The molecule has 1 N–H and O–H groups in total. The highest BCUT2D eigenvalue weighted by Gasteiger charge is 2.42. The molecule has 3 aromatic carbocycles. The van der Waals surface area contributed by atoms with E-state index in [1.807, 2.05) is 11.1 Å². The number of hydrazone groups is 1. The summed E-state index contributed by atoms with van der Waals surface area (Å²) in [5, 5.41) is 25.7. The maximum atomic E-state index is 13.6. The van der Waals surface area contributed by atoms with Gasteiger partial charge in [-0.25, -0.2) is 9.18 Å². The standard InChI is InChI=1S/C25H17ClFN3O2/c26-22-12-19(8-3-17(22)13-28)30-24(14-1-6-18(27)7-2-14)21-10-4-15-11-16(25(31)32)5-9-20(15)23(21)29-30/h1-3,5-9,11-12,21,24H,4,10H2,(H,31,32)/t21-,24-/m0/s1. The molecule has 0 bridgehead atoms. The number of benzene rings is 3. The summed E-state index contributed by atoms with van der Waals surface area (Å²) in [6, 6.07) is 18.6. The molecule has 0 unspecified atom stereocenters. The van der Waals surface area contributed by atoms with E-state index in [0.717, 1.165) is 40.9 Å². The molecule has 158 valence electrons. The van der Waals surface area contributed by atoms with Crippen LogP contribution in [0.3, 0.4) is 0 Å². The second-order valence-corrected chi connectivity index (χ2v) is 8.33. The van der Waals surface area contributed by atoms with Crippen molar-refractivity contribution in [3.63, 3.8) is 0 Å². The second-order valence-electron chi connectivity index (χ2n) is 7.92. The van der Waals surface area contributed by atoms with E-state index in [2.05, 4.69) is 6.07 Å². The van der Waals surface area contributed by atoms with E-state index in [1.165, 1.54) is 12.1 Å². The van der Waals surface area contributed by atoms with Gasteiger partial charge in [0.1, 0.15) is 11.9 Å². The zero-order valence-corrected chi connectivity index (χ0v) is 17.6. The molecule has 7 heteroatoms. The number of halogens is 2. The van der Waals surface area contributed by atoms with Gasteiger partial charge in [0.05, 0.1) is 33.6 Å². The summed E-state index contributed by atoms with van der Waals surface area (Å²) in [5.41, 5.74) is 5.04. The number of carboxylic acid groups (broad SMARTS) is 1. The summed E-state index contributed by atoms with van der Waals surface area (Å²) >= 11 is 6.30. The molecule has 1 aliphatic carbocycles. The number of anilines is 1. The molecule has 0 fully saturated rings.